The lowest BCUT2D eigenvalue weighted by molar-refractivity contribution is -0.119. The third-order valence-corrected chi connectivity index (χ3v) is 5.01. The highest BCUT2D eigenvalue weighted by molar-refractivity contribution is 6.11. The highest BCUT2D eigenvalue weighted by atomic mass is 16.5. The fourth-order valence-corrected chi connectivity index (χ4v) is 3.45. The van der Waals surface area contributed by atoms with Crippen LogP contribution in [-0.4, -0.2) is 67.6 Å². The van der Waals surface area contributed by atoms with E-state index in [1.807, 2.05) is 19.1 Å². The Balaban J connectivity index is 1.49. The van der Waals surface area contributed by atoms with E-state index in [0.29, 0.717) is 23.5 Å². The molecule has 1 aromatic heterocycles. The number of nitrogens with one attached hydrogen (secondary N) is 1. The molecule has 0 saturated carbocycles. The summed E-state index contributed by atoms with van der Waals surface area (Å²) >= 11 is 0. The number of carbonyl (C=O) groups excluding carboxylic acids is 2. The SMILES string of the molecule is Cc1ccc2c(c1)N(CC(=O)NCCN1CCOCC1)C(=O)c1cccnc1O2. The maximum absolute atomic E-state index is 13.2. The summed E-state index contributed by atoms with van der Waals surface area (Å²) in [6, 6.07) is 8.89. The first-order valence-corrected chi connectivity index (χ1v) is 9.74. The zero-order valence-corrected chi connectivity index (χ0v) is 16.4. The van der Waals surface area contributed by atoms with Gasteiger partial charge in [0.1, 0.15) is 12.1 Å². The van der Waals surface area contributed by atoms with E-state index in [1.54, 1.807) is 24.4 Å². The van der Waals surface area contributed by atoms with Crippen molar-refractivity contribution in [2.24, 2.45) is 0 Å². The van der Waals surface area contributed by atoms with Crippen molar-refractivity contribution in [3.63, 3.8) is 0 Å². The number of amides is 2. The normalized spacial score (nSPS) is 16.4. The molecule has 2 aliphatic rings. The van der Waals surface area contributed by atoms with Crippen molar-refractivity contribution in [2.75, 3.05) is 50.8 Å². The number of rotatable bonds is 5. The quantitative estimate of drug-likeness (QED) is 0.826. The summed E-state index contributed by atoms with van der Waals surface area (Å²) in [6.07, 6.45) is 1.58. The van der Waals surface area contributed by atoms with Gasteiger partial charge in [0.15, 0.2) is 5.75 Å². The van der Waals surface area contributed by atoms with Crippen molar-refractivity contribution in [2.45, 2.75) is 6.92 Å². The number of morpholine rings is 1. The lowest BCUT2D eigenvalue weighted by Crippen LogP contribution is -2.44. The predicted molar refractivity (Wildman–Crippen MR) is 107 cm³/mol. The van der Waals surface area contributed by atoms with E-state index in [-0.39, 0.29) is 24.2 Å². The molecule has 1 N–H and O–H groups in total. The lowest BCUT2D eigenvalue weighted by atomic mass is 10.1. The van der Waals surface area contributed by atoms with Gasteiger partial charge in [0, 0.05) is 32.4 Å². The average Bonchev–Trinajstić information content (AvgIpc) is 2.84. The van der Waals surface area contributed by atoms with Gasteiger partial charge in [0.2, 0.25) is 11.8 Å². The van der Waals surface area contributed by atoms with Gasteiger partial charge in [-0.25, -0.2) is 4.98 Å². The first-order chi connectivity index (χ1) is 14.1. The Hall–Kier alpha value is -2.97. The zero-order chi connectivity index (χ0) is 20.2. The number of aromatic nitrogens is 1. The van der Waals surface area contributed by atoms with Crippen molar-refractivity contribution in [3.05, 3.63) is 47.7 Å². The van der Waals surface area contributed by atoms with Crippen molar-refractivity contribution in [1.82, 2.24) is 15.2 Å². The molecule has 0 spiro atoms. The predicted octanol–water partition coefficient (Wildman–Crippen LogP) is 1.59. The summed E-state index contributed by atoms with van der Waals surface area (Å²) in [5.41, 5.74) is 1.87. The van der Waals surface area contributed by atoms with Crippen LogP contribution in [0.3, 0.4) is 0 Å². The summed E-state index contributed by atoms with van der Waals surface area (Å²) in [5.74, 6) is 0.229. The number of hydrogen-bond donors (Lipinski definition) is 1. The Kier molecular flexibility index (Phi) is 5.73. The Morgan fingerprint density at radius 3 is 2.90 bits per heavy atom. The van der Waals surface area contributed by atoms with E-state index in [2.05, 4.69) is 15.2 Å². The summed E-state index contributed by atoms with van der Waals surface area (Å²) < 4.78 is 11.2. The average molecular weight is 396 g/mol. The van der Waals surface area contributed by atoms with Crippen LogP contribution in [0.25, 0.3) is 0 Å². The molecule has 8 nitrogen and oxygen atoms in total. The van der Waals surface area contributed by atoms with Gasteiger partial charge in [-0.05, 0) is 36.8 Å². The standard InChI is InChI=1S/C21H24N4O4/c1-15-4-5-18-17(13-15)25(21(27)16-3-2-6-23-20(16)29-18)14-19(26)22-7-8-24-9-11-28-12-10-24/h2-6,13H,7-12,14H2,1H3,(H,22,26). The molecule has 0 radical (unpaired) electrons. The molecule has 1 aromatic carbocycles. The van der Waals surface area contributed by atoms with Crippen LogP contribution < -0.4 is 15.0 Å². The van der Waals surface area contributed by atoms with Crippen LogP contribution in [-0.2, 0) is 9.53 Å². The summed E-state index contributed by atoms with van der Waals surface area (Å²) in [4.78, 5) is 33.7. The highest BCUT2D eigenvalue weighted by Crippen LogP contribution is 2.38. The van der Waals surface area contributed by atoms with Crippen LogP contribution in [0.2, 0.25) is 0 Å². The summed E-state index contributed by atoms with van der Waals surface area (Å²) in [6.45, 7) is 6.31. The van der Waals surface area contributed by atoms with E-state index in [4.69, 9.17) is 9.47 Å². The second-order valence-corrected chi connectivity index (χ2v) is 7.12. The Morgan fingerprint density at radius 2 is 2.07 bits per heavy atom. The third kappa shape index (κ3) is 4.38. The maximum atomic E-state index is 13.2. The number of benzene rings is 1. The molecule has 0 bridgehead atoms. The Labute approximate surface area is 169 Å². The van der Waals surface area contributed by atoms with Gasteiger partial charge in [-0.15, -0.1) is 0 Å². The Morgan fingerprint density at radius 1 is 1.24 bits per heavy atom. The molecule has 0 unspecified atom stereocenters. The molecule has 1 saturated heterocycles. The second-order valence-electron chi connectivity index (χ2n) is 7.12. The maximum Gasteiger partial charge on any atom is 0.264 e. The van der Waals surface area contributed by atoms with Gasteiger partial charge in [0.25, 0.3) is 5.91 Å². The fraction of sp³-hybridized carbons (Fsp3) is 0.381. The van der Waals surface area contributed by atoms with Gasteiger partial charge >= 0.3 is 0 Å². The van der Waals surface area contributed by atoms with Crippen LogP contribution in [0.15, 0.2) is 36.5 Å². The van der Waals surface area contributed by atoms with E-state index in [0.717, 1.165) is 38.4 Å². The molecule has 0 aliphatic carbocycles. The molecule has 2 amide bonds. The molecule has 29 heavy (non-hydrogen) atoms. The van der Waals surface area contributed by atoms with Gasteiger partial charge in [-0.3, -0.25) is 19.4 Å². The monoisotopic (exact) mass is 396 g/mol. The molecule has 152 valence electrons. The summed E-state index contributed by atoms with van der Waals surface area (Å²) in [5, 5.41) is 2.92. The first-order valence-electron chi connectivity index (χ1n) is 9.74. The van der Waals surface area contributed by atoms with Crippen molar-refractivity contribution < 1.29 is 19.1 Å². The van der Waals surface area contributed by atoms with Crippen LogP contribution in [0, 0.1) is 6.92 Å². The minimum atomic E-state index is -0.305. The molecular formula is C21H24N4O4. The van der Waals surface area contributed by atoms with Crippen molar-refractivity contribution in [3.8, 4) is 11.6 Å². The van der Waals surface area contributed by atoms with Gasteiger partial charge in [0.05, 0.1) is 18.9 Å². The zero-order valence-electron chi connectivity index (χ0n) is 16.4. The van der Waals surface area contributed by atoms with Crippen LogP contribution in [0.5, 0.6) is 11.6 Å². The molecular weight excluding hydrogens is 372 g/mol. The van der Waals surface area contributed by atoms with Crippen molar-refractivity contribution in [1.29, 1.82) is 0 Å². The minimum Gasteiger partial charge on any atom is -0.436 e. The third-order valence-electron chi connectivity index (χ3n) is 5.01. The molecule has 2 aromatic rings. The first kappa shape index (κ1) is 19.4. The number of nitrogens with zero attached hydrogens (tertiary/aromatic N) is 3. The van der Waals surface area contributed by atoms with Gasteiger partial charge in [-0.1, -0.05) is 6.07 Å². The molecule has 1 fully saturated rings. The number of aryl methyl sites for hydroxylation is 1. The van der Waals surface area contributed by atoms with E-state index >= 15 is 0 Å². The number of anilines is 1. The molecule has 3 heterocycles. The number of ether oxygens (including phenoxy) is 2. The number of pyridine rings is 1. The number of carbonyl (C=O) groups is 2. The summed E-state index contributed by atoms with van der Waals surface area (Å²) in [7, 11) is 0. The van der Waals surface area contributed by atoms with Crippen LogP contribution in [0.4, 0.5) is 5.69 Å². The lowest BCUT2D eigenvalue weighted by Gasteiger charge is -2.27. The van der Waals surface area contributed by atoms with E-state index in [9.17, 15) is 9.59 Å². The highest BCUT2D eigenvalue weighted by Gasteiger charge is 2.30. The smallest absolute Gasteiger partial charge is 0.264 e. The van der Waals surface area contributed by atoms with E-state index in [1.165, 1.54) is 4.90 Å². The fourth-order valence-electron chi connectivity index (χ4n) is 3.45. The molecule has 0 atom stereocenters. The Bertz CT molecular complexity index is 911. The molecule has 4 rings (SSSR count). The van der Waals surface area contributed by atoms with Gasteiger partial charge in [-0.2, -0.15) is 0 Å². The molecule has 8 heteroatoms. The van der Waals surface area contributed by atoms with Gasteiger partial charge < -0.3 is 14.8 Å². The largest absolute Gasteiger partial charge is 0.436 e. The topological polar surface area (TPSA) is 84.0 Å². The minimum absolute atomic E-state index is 0.0872. The second kappa shape index (κ2) is 8.59. The molecule has 2 aliphatic heterocycles. The van der Waals surface area contributed by atoms with Crippen LogP contribution in [0.1, 0.15) is 15.9 Å². The number of hydrogen-bond acceptors (Lipinski definition) is 6. The number of fused-ring (bicyclic) bond motifs is 2. The van der Waals surface area contributed by atoms with Crippen LogP contribution >= 0.6 is 0 Å². The van der Waals surface area contributed by atoms with E-state index < -0.39 is 0 Å². The van der Waals surface area contributed by atoms with Crippen molar-refractivity contribution >= 4 is 17.5 Å².